The summed E-state index contributed by atoms with van der Waals surface area (Å²) in [7, 11) is 0. The van der Waals surface area contributed by atoms with Crippen LogP contribution in [0.1, 0.15) is 19.6 Å². The molecule has 3 nitrogen and oxygen atoms in total. The zero-order chi connectivity index (χ0) is 14.5. The molecular weight excluding hydrogens is 259 g/mol. The van der Waals surface area contributed by atoms with E-state index in [-0.39, 0.29) is 5.82 Å². The van der Waals surface area contributed by atoms with Gasteiger partial charge in [-0.25, -0.2) is 9.18 Å². The van der Waals surface area contributed by atoms with Crippen molar-refractivity contribution in [3.63, 3.8) is 0 Å². The average molecular weight is 274 g/mol. The largest absolute Gasteiger partial charge is 0.463 e. The number of ether oxygens (including phenoxy) is 1. The molecule has 1 aromatic carbocycles. The van der Waals surface area contributed by atoms with Crippen molar-refractivity contribution in [2.75, 3.05) is 6.61 Å². The molecule has 2 rings (SSSR count). The summed E-state index contributed by atoms with van der Waals surface area (Å²) in [5.74, 6) is 0.163. The minimum absolute atomic E-state index is 0.322. The first-order valence-electron chi connectivity index (χ1n) is 6.32. The van der Waals surface area contributed by atoms with Crippen LogP contribution in [0, 0.1) is 5.82 Å². The third-order valence-electron chi connectivity index (χ3n) is 2.72. The van der Waals surface area contributed by atoms with Gasteiger partial charge in [-0.15, -0.1) is 0 Å². The monoisotopic (exact) mass is 274 g/mol. The summed E-state index contributed by atoms with van der Waals surface area (Å²) >= 11 is 0. The average Bonchev–Trinajstić information content (AvgIpc) is 2.87. The van der Waals surface area contributed by atoms with Gasteiger partial charge >= 0.3 is 5.97 Å². The number of carbonyl (C=O) groups is 1. The fourth-order valence-corrected chi connectivity index (χ4v) is 1.75. The topological polar surface area (TPSA) is 39.4 Å². The number of hydrogen-bond donors (Lipinski definition) is 0. The molecule has 0 unspecified atom stereocenters. The summed E-state index contributed by atoms with van der Waals surface area (Å²) in [4.78, 5) is 11.5. The highest BCUT2D eigenvalue weighted by Crippen LogP contribution is 2.25. The van der Waals surface area contributed by atoms with Crippen molar-refractivity contribution in [2.45, 2.75) is 13.8 Å². The maximum absolute atomic E-state index is 13.6. The van der Waals surface area contributed by atoms with Gasteiger partial charge in [-0.3, -0.25) is 0 Å². The number of hydrogen-bond acceptors (Lipinski definition) is 3. The first kappa shape index (κ1) is 14.1. The summed E-state index contributed by atoms with van der Waals surface area (Å²) in [5, 5.41) is 0. The fourth-order valence-electron chi connectivity index (χ4n) is 1.75. The van der Waals surface area contributed by atoms with Gasteiger partial charge < -0.3 is 9.15 Å². The van der Waals surface area contributed by atoms with E-state index in [2.05, 4.69) is 0 Å². The third kappa shape index (κ3) is 3.15. The number of rotatable bonds is 4. The Balaban J connectivity index is 2.24. The molecule has 20 heavy (non-hydrogen) atoms. The van der Waals surface area contributed by atoms with Crippen LogP contribution in [0.3, 0.4) is 0 Å². The zero-order valence-electron chi connectivity index (χ0n) is 11.4. The van der Waals surface area contributed by atoms with Gasteiger partial charge in [0, 0.05) is 5.57 Å². The Morgan fingerprint density at radius 1 is 1.30 bits per heavy atom. The molecule has 0 saturated carbocycles. The van der Waals surface area contributed by atoms with Crippen molar-refractivity contribution < 1.29 is 18.3 Å². The SMILES string of the molecule is CCOC(=O)/C(C)=C/c1ccc(-c2ccccc2F)o1. The van der Waals surface area contributed by atoms with E-state index < -0.39 is 5.97 Å². The van der Waals surface area contributed by atoms with Crippen molar-refractivity contribution in [2.24, 2.45) is 0 Å². The Morgan fingerprint density at radius 3 is 2.75 bits per heavy atom. The number of carbonyl (C=O) groups excluding carboxylic acids is 1. The van der Waals surface area contributed by atoms with Crippen LogP contribution in [-0.4, -0.2) is 12.6 Å². The molecule has 0 atom stereocenters. The molecular formula is C16H15FO3. The Bertz CT molecular complexity index is 641. The first-order chi connectivity index (χ1) is 9.61. The van der Waals surface area contributed by atoms with Crippen LogP contribution in [0.4, 0.5) is 4.39 Å². The third-order valence-corrected chi connectivity index (χ3v) is 2.72. The Hall–Kier alpha value is -2.36. The fraction of sp³-hybridized carbons (Fsp3) is 0.188. The number of benzene rings is 1. The highest BCUT2D eigenvalue weighted by Gasteiger charge is 2.10. The van der Waals surface area contributed by atoms with Gasteiger partial charge in [0.05, 0.1) is 12.2 Å². The maximum atomic E-state index is 13.6. The predicted octanol–water partition coefficient (Wildman–Crippen LogP) is 4.05. The second-order valence-electron chi connectivity index (χ2n) is 4.23. The highest BCUT2D eigenvalue weighted by molar-refractivity contribution is 5.92. The zero-order valence-corrected chi connectivity index (χ0v) is 11.4. The molecule has 1 aromatic heterocycles. The molecule has 104 valence electrons. The van der Waals surface area contributed by atoms with Gasteiger partial charge in [0.25, 0.3) is 0 Å². The van der Waals surface area contributed by atoms with Crippen molar-refractivity contribution in [3.8, 4) is 11.3 Å². The second kappa shape index (κ2) is 6.19. The van der Waals surface area contributed by atoms with E-state index in [0.29, 0.717) is 29.3 Å². The van der Waals surface area contributed by atoms with Crippen molar-refractivity contribution >= 4 is 12.0 Å². The van der Waals surface area contributed by atoms with E-state index in [1.807, 2.05) is 0 Å². The normalized spacial score (nSPS) is 11.4. The van der Waals surface area contributed by atoms with E-state index in [4.69, 9.17) is 9.15 Å². The van der Waals surface area contributed by atoms with E-state index in [9.17, 15) is 9.18 Å². The van der Waals surface area contributed by atoms with Crippen molar-refractivity contribution in [1.82, 2.24) is 0 Å². The van der Waals surface area contributed by atoms with Crippen LogP contribution in [-0.2, 0) is 9.53 Å². The van der Waals surface area contributed by atoms with Crippen LogP contribution < -0.4 is 0 Å². The standard InChI is InChI=1S/C16H15FO3/c1-3-19-16(18)11(2)10-12-8-9-15(20-12)13-6-4-5-7-14(13)17/h4-10H,3H2,1-2H3/b11-10+. The molecule has 0 bridgehead atoms. The minimum Gasteiger partial charge on any atom is -0.463 e. The van der Waals surface area contributed by atoms with Gasteiger partial charge in [-0.1, -0.05) is 12.1 Å². The molecule has 0 fully saturated rings. The van der Waals surface area contributed by atoms with Gasteiger partial charge in [-0.05, 0) is 44.2 Å². The van der Waals surface area contributed by atoms with E-state index >= 15 is 0 Å². The van der Waals surface area contributed by atoms with Gasteiger partial charge in [0.2, 0.25) is 0 Å². The molecule has 0 amide bonds. The molecule has 2 aromatic rings. The van der Waals surface area contributed by atoms with Crippen molar-refractivity contribution in [1.29, 1.82) is 0 Å². The van der Waals surface area contributed by atoms with E-state index in [1.54, 1.807) is 50.3 Å². The second-order valence-corrected chi connectivity index (χ2v) is 4.23. The van der Waals surface area contributed by atoms with Crippen LogP contribution in [0.25, 0.3) is 17.4 Å². The molecule has 0 aliphatic heterocycles. The lowest BCUT2D eigenvalue weighted by Gasteiger charge is -2.00. The number of furan rings is 1. The Labute approximate surface area is 116 Å². The van der Waals surface area contributed by atoms with E-state index in [0.717, 1.165) is 0 Å². The highest BCUT2D eigenvalue weighted by atomic mass is 19.1. The van der Waals surface area contributed by atoms with Gasteiger partial charge in [0.15, 0.2) is 0 Å². The summed E-state index contributed by atoms with van der Waals surface area (Å²) in [6.07, 6.45) is 1.57. The Morgan fingerprint density at radius 2 is 2.05 bits per heavy atom. The van der Waals surface area contributed by atoms with Crippen LogP contribution >= 0.6 is 0 Å². The summed E-state index contributed by atoms with van der Waals surface area (Å²) in [6, 6.07) is 9.72. The van der Waals surface area contributed by atoms with Gasteiger partial charge in [0.1, 0.15) is 17.3 Å². The quantitative estimate of drug-likeness (QED) is 0.623. The summed E-state index contributed by atoms with van der Waals surface area (Å²) in [6.45, 7) is 3.71. The molecule has 0 radical (unpaired) electrons. The minimum atomic E-state index is -0.392. The van der Waals surface area contributed by atoms with Gasteiger partial charge in [-0.2, -0.15) is 0 Å². The lowest BCUT2D eigenvalue weighted by Crippen LogP contribution is -2.04. The number of halogens is 1. The molecule has 1 heterocycles. The molecule has 0 saturated heterocycles. The summed E-state index contributed by atoms with van der Waals surface area (Å²) < 4.78 is 24.0. The number of esters is 1. The molecule has 0 spiro atoms. The van der Waals surface area contributed by atoms with Crippen molar-refractivity contribution in [3.05, 3.63) is 53.5 Å². The summed E-state index contributed by atoms with van der Waals surface area (Å²) in [5.41, 5.74) is 0.822. The molecule has 0 aliphatic rings. The predicted molar refractivity (Wildman–Crippen MR) is 74.4 cm³/mol. The molecule has 0 aliphatic carbocycles. The van der Waals surface area contributed by atoms with E-state index in [1.165, 1.54) is 6.07 Å². The Kier molecular flexibility index (Phi) is 4.35. The van der Waals surface area contributed by atoms with Crippen LogP contribution in [0.15, 0.2) is 46.4 Å². The molecule has 4 heteroatoms. The van der Waals surface area contributed by atoms with Crippen LogP contribution in [0.5, 0.6) is 0 Å². The lowest BCUT2D eigenvalue weighted by molar-refractivity contribution is -0.138. The maximum Gasteiger partial charge on any atom is 0.333 e. The first-order valence-corrected chi connectivity index (χ1v) is 6.32. The lowest BCUT2D eigenvalue weighted by atomic mass is 10.1. The van der Waals surface area contributed by atoms with Crippen LogP contribution in [0.2, 0.25) is 0 Å². The smallest absolute Gasteiger partial charge is 0.333 e. The molecule has 0 N–H and O–H groups in total.